The lowest BCUT2D eigenvalue weighted by molar-refractivity contribution is 0.00885. The van der Waals surface area contributed by atoms with Crippen LogP contribution in [-0.2, 0) is 4.74 Å². The van der Waals surface area contributed by atoms with Gasteiger partial charge in [-0.15, -0.1) is 0 Å². The van der Waals surface area contributed by atoms with Gasteiger partial charge in [-0.25, -0.2) is 0 Å². The Balaban J connectivity index is 2.01. The first-order valence-corrected chi connectivity index (χ1v) is 4.01. The van der Waals surface area contributed by atoms with Gasteiger partial charge in [0, 0.05) is 13.1 Å². The Kier molecular flexibility index (Phi) is 0.854. The highest BCUT2D eigenvalue weighted by atomic mass is 16.5. The van der Waals surface area contributed by atoms with Crippen LogP contribution in [0.4, 0.5) is 0 Å². The number of nitrogens with zero attached hydrogens (tertiary/aromatic N) is 1. The van der Waals surface area contributed by atoms with E-state index in [1.807, 2.05) is 0 Å². The lowest BCUT2D eigenvalue weighted by atomic mass is 10.1. The molecule has 3 heterocycles. The third kappa shape index (κ3) is 0.447. The molecule has 0 aromatic rings. The van der Waals surface area contributed by atoms with Gasteiger partial charge in [-0.2, -0.15) is 0 Å². The van der Waals surface area contributed by atoms with E-state index in [4.69, 9.17) is 10.5 Å². The van der Waals surface area contributed by atoms with Gasteiger partial charge >= 0.3 is 0 Å². The Morgan fingerprint density at radius 1 is 1.40 bits per heavy atom. The molecule has 0 unspecified atom stereocenters. The van der Waals surface area contributed by atoms with Gasteiger partial charge in [-0.3, -0.25) is 4.90 Å². The average Bonchev–Trinajstić information content (AvgIpc) is 2.44. The first-order chi connectivity index (χ1) is 4.86. The van der Waals surface area contributed by atoms with E-state index in [1.54, 1.807) is 0 Å². The Hall–Kier alpha value is -0.120. The van der Waals surface area contributed by atoms with Crippen LogP contribution in [-0.4, -0.2) is 42.3 Å². The molecule has 0 aliphatic carbocycles. The minimum absolute atomic E-state index is 0.312. The van der Waals surface area contributed by atoms with Crippen molar-refractivity contribution in [3.63, 3.8) is 0 Å². The second-order valence-corrected chi connectivity index (χ2v) is 3.56. The monoisotopic (exact) mass is 140 g/mol. The van der Waals surface area contributed by atoms with Gasteiger partial charge in [0.1, 0.15) is 0 Å². The summed E-state index contributed by atoms with van der Waals surface area (Å²) in [6, 6.07) is 0.887. The summed E-state index contributed by atoms with van der Waals surface area (Å²) in [5.41, 5.74) is 5.94. The lowest BCUT2D eigenvalue weighted by Crippen LogP contribution is -2.38. The van der Waals surface area contributed by atoms with Crippen molar-refractivity contribution in [3.05, 3.63) is 0 Å². The molecule has 0 aromatic heterocycles. The van der Waals surface area contributed by atoms with Crippen molar-refractivity contribution in [2.75, 3.05) is 13.1 Å². The van der Waals surface area contributed by atoms with Crippen LogP contribution in [0.2, 0.25) is 0 Å². The topological polar surface area (TPSA) is 38.5 Å². The summed E-state index contributed by atoms with van der Waals surface area (Å²) < 4.78 is 5.70. The van der Waals surface area contributed by atoms with E-state index in [9.17, 15) is 0 Å². The van der Waals surface area contributed by atoms with Crippen LogP contribution < -0.4 is 5.73 Å². The van der Waals surface area contributed by atoms with Crippen LogP contribution in [0.1, 0.15) is 6.42 Å². The number of rotatable bonds is 0. The third-order valence-corrected chi connectivity index (χ3v) is 3.09. The fraction of sp³-hybridized carbons (Fsp3) is 1.00. The Labute approximate surface area is 60.1 Å². The summed E-state index contributed by atoms with van der Waals surface area (Å²) in [4.78, 5) is 2.48. The molecule has 10 heavy (non-hydrogen) atoms. The Morgan fingerprint density at radius 2 is 2.30 bits per heavy atom. The highest BCUT2D eigenvalue weighted by Gasteiger charge is 2.55. The zero-order valence-corrected chi connectivity index (χ0v) is 5.86. The zero-order chi connectivity index (χ0) is 6.72. The van der Waals surface area contributed by atoms with Crippen LogP contribution in [0, 0.1) is 0 Å². The summed E-state index contributed by atoms with van der Waals surface area (Å²) in [6.07, 6.45) is 2.04. The van der Waals surface area contributed by atoms with E-state index < -0.39 is 0 Å². The van der Waals surface area contributed by atoms with Crippen molar-refractivity contribution in [2.45, 2.75) is 30.7 Å². The normalized spacial score (nSPS) is 58.5. The van der Waals surface area contributed by atoms with Crippen LogP contribution in [0.15, 0.2) is 0 Å². The zero-order valence-electron chi connectivity index (χ0n) is 5.86. The number of hydrogen-bond acceptors (Lipinski definition) is 3. The number of morpholine rings is 1. The summed E-state index contributed by atoms with van der Waals surface area (Å²) in [5.74, 6) is 0. The second-order valence-electron chi connectivity index (χ2n) is 3.56. The van der Waals surface area contributed by atoms with Crippen LogP contribution >= 0.6 is 0 Å². The largest absolute Gasteiger partial charge is 0.370 e. The second kappa shape index (κ2) is 1.55. The molecule has 3 fully saturated rings. The lowest BCUT2D eigenvalue weighted by Gasteiger charge is -2.21. The summed E-state index contributed by atoms with van der Waals surface area (Å²) in [6.45, 7) is 2.29. The minimum atomic E-state index is 0.312. The van der Waals surface area contributed by atoms with Crippen molar-refractivity contribution >= 4 is 0 Å². The number of ether oxygens (including phenoxy) is 1. The quantitative estimate of drug-likeness (QED) is 0.477. The summed E-state index contributed by atoms with van der Waals surface area (Å²) in [7, 11) is 0. The van der Waals surface area contributed by atoms with Gasteiger partial charge in [-0.05, 0) is 6.42 Å². The molecule has 0 radical (unpaired) electrons. The fourth-order valence-electron chi connectivity index (χ4n) is 2.63. The van der Waals surface area contributed by atoms with Crippen molar-refractivity contribution < 1.29 is 4.74 Å². The molecular formula is C7H12N2O. The molecule has 3 aliphatic rings. The first-order valence-electron chi connectivity index (χ1n) is 4.01. The van der Waals surface area contributed by atoms with E-state index in [2.05, 4.69) is 4.90 Å². The van der Waals surface area contributed by atoms with E-state index in [-0.39, 0.29) is 0 Å². The molecule has 3 rings (SSSR count). The molecule has 56 valence electrons. The molecule has 4 atom stereocenters. The molecule has 0 amide bonds. The maximum absolute atomic E-state index is 5.94. The highest BCUT2D eigenvalue weighted by molar-refractivity contribution is 5.10. The van der Waals surface area contributed by atoms with Gasteiger partial charge in [0.2, 0.25) is 0 Å². The van der Waals surface area contributed by atoms with E-state index in [1.165, 1.54) is 13.0 Å². The molecule has 3 heteroatoms. The van der Waals surface area contributed by atoms with Crippen LogP contribution in [0.25, 0.3) is 0 Å². The van der Waals surface area contributed by atoms with Gasteiger partial charge in [-0.1, -0.05) is 0 Å². The molecule has 0 aromatic carbocycles. The minimum Gasteiger partial charge on any atom is -0.370 e. The number of hydrogen-bond donors (Lipinski definition) is 1. The number of nitrogens with two attached hydrogens (primary N) is 1. The van der Waals surface area contributed by atoms with Gasteiger partial charge in [0.25, 0.3) is 0 Å². The van der Waals surface area contributed by atoms with Gasteiger partial charge in [0.05, 0.1) is 24.3 Å². The van der Waals surface area contributed by atoms with Crippen LogP contribution in [0.3, 0.4) is 0 Å². The molecular weight excluding hydrogens is 128 g/mol. The predicted octanol–water partition coefficient (Wildman–Crippen LogP) is -0.831. The molecule has 3 nitrogen and oxygen atoms in total. The van der Waals surface area contributed by atoms with Crippen molar-refractivity contribution in [1.82, 2.24) is 4.90 Å². The maximum atomic E-state index is 5.94. The highest BCUT2D eigenvalue weighted by Crippen LogP contribution is 2.38. The smallest absolute Gasteiger partial charge is 0.0873 e. The molecule has 3 aliphatic heterocycles. The third-order valence-electron chi connectivity index (χ3n) is 3.09. The molecule has 3 saturated heterocycles. The summed E-state index contributed by atoms with van der Waals surface area (Å²) >= 11 is 0. The van der Waals surface area contributed by atoms with Crippen molar-refractivity contribution in [1.29, 1.82) is 0 Å². The van der Waals surface area contributed by atoms with E-state index in [0.29, 0.717) is 24.3 Å². The molecule has 2 bridgehead atoms. The van der Waals surface area contributed by atoms with Gasteiger partial charge in [0.15, 0.2) is 0 Å². The number of fused-ring (bicyclic) bond motifs is 1. The Bertz CT molecular complexity index is 156. The predicted molar refractivity (Wildman–Crippen MR) is 36.6 cm³/mol. The average molecular weight is 140 g/mol. The first kappa shape index (κ1) is 5.52. The standard InChI is InChI=1S/C7H12N2O/c8-6-5-3-9-2-1-4(10-5)7(6)9/h4-7H,1-3,8H2/t4-,5+,6-,7-/m0/s1. The van der Waals surface area contributed by atoms with Crippen LogP contribution in [0.5, 0.6) is 0 Å². The SMILES string of the molecule is N[C@@H]1[C@@H]2[C@@H]3CCN2C[C@H]1O3. The molecule has 0 spiro atoms. The summed E-state index contributed by atoms with van der Waals surface area (Å²) in [5, 5.41) is 0. The van der Waals surface area contributed by atoms with E-state index in [0.717, 1.165) is 6.54 Å². The van der Waals surface area contributed by atoms with Crippen molar-refractivity contribution in [3.8, 4) is 0 Å². The fourth-order valence-corrected chi connectivity index (χ4v) is 2.63. The Morgan fingerprint density at radius 3 is 2.90 bits per heavy atom. The molecule has 2 N–H and O–H groups in total. The molecule has 0 saturated carbocycles. The maximum Gasteiger partial charge on any atom is 0.0873 e. The van der Waals surface area contributed by atoms with Crippen molar-refractivity contribution in [2.24, 2.45) is 5.73 Å². The van der Waals surface area contributed by atoms with E-state index >= 15 is 0 Å². The van der Waals surface area contributed by atoms with Gasteiger partial charge < -0.3 is 10.5 Å².